The highest BCUT2D eigenvalue weighted by molar-refractivity contribution is 5.97. The fourth-order valence-electron chi connectivity index (χ4n) is 1.47. The molecule has 0 aromatic heterocycles. The van der Waals surface area contributed by atoms with E-state index in [1.807, 2.05) is 17.9 Å². The van der Waals surface area contributed by atoms with Gasteiger partial charge in [0.2, 0.25) is 0 Å². The maximum Gasteiger partial charge on any atom is 0.263 e. The zero-order chi connectivity index (χ0) is 11.8. The Morgan fingerprint density at radius 3 is 2.81 bits per heavy atom. The molecule has 1 aliphatic rings. The van der Waals surface area contributed by atoms with Crippen molar-refractivity contribution in [3.8, 4) is 6.07 Å². The summed E-state index contributed by atoms with van der Waals surface area (Å²) in [6.07, 6.45) is 2.53. The zero-order valence-electron chi connectivity index (χ0n) is 9.62. The lowest BCUT2D eigenvalue weighted by Gasteiger charge is -2.25. The van der Waals surface area contributed by atoms with Crippen molar-refractivity contribution in [1.29, 1.82) is 5.26 Å². The maximum atomic E-state index is 11.6. The molecule has 16 heavy (non-hydrogen) atoms. The summed E-state index contributed by atoms with van der Waals surface area (Å²) < 4.78 is 0. The lowest BCUT2D eigenvalue weighted by Crippen LogP contribution is -2.41. The maximum absolute atomic E-state index is 11.6. The molecule has 5 nitrogen and oxygen atoms in total. The zero-order valence-corrected chi connectivity index (χ0v) is 9.62. The van der Waals surface area contributed by atoms with E-state index in [-0.39, 0.29) is 11.5 Å². The smallest absolute Gasteiger partial charge is 0.263 e. The Bertz CT molecular complexity index is 300. The van der Waals surface area contributed by atoms with Crippen LogP contribution in [0.1, 0.15) is 13.3 Å². The van der Waals surface area contributed by atoms with Gasteiger partial charge in [0.05, 0.1) is 0 Å². The van der Waals surface area contributed by atoms with Crippen molar-refractivity contribution in [3.05, 3.63) is 11.8 Å². The van der Waals surface area contributed by atoms with Gasteiger partial charge >= 0.3 is 0 Å². The van der Waals surface area contributed by atoms with Crippen molar-refractivity contribution in [1.82, 2.24) is 15.5 Å². The third-order valence-electron chi connectivity index (χ3n) is 2.36. The largest absolute Gasteiger partial charge is 0.374 e. The van der Waals surface area contributed by atoms with Gasteiger partial charge in [-0.15, -0.1) is 0 Å². The Morgan fingerprint density at radius 2 is 2.25 bits per heavy atom. The number of piperazine rings is 1. The molecule has 0 atom stereocenters. The summed E-state index contributed by atoms with van der Waals surface area (Å²) in [7, 11) is 0. The molecular formula is C11H18N4O. The van der Waals surface area contributed by atoms with Gasteiger partial charge in [0, 0.05) is 38.9 Å². The highest BCUT2D eigenvalue weighted by Crippen LogP contribution is 1.99. The molecule has 0 aliphatic carbocycles. The van der Waals surface area contributed by atoms with E-state index in [9.17, 15) is 4.79 Å². The van der Waals surface area contributed by atoms with Crippen LogP contribution in [0.15, 0.2) is 11.8 Å². The number of nitriles is 1. The second-order valence-corrected chi connectivity index (χ2v) is 3.70. The third-order valence-corrected chi connectivity index (χ3v) is 2.36. The molecule has 0 radical (unpaired) electrons. The molecule has 1 rings (SSSR count). The van der Waals surface area contributed by atoms with E-state index in [1.54, 1.807) is 6.20 Å². The average molecular weight is 222 g/mol. The Hall–Kier alpha value is -1.54. The predicted octanol–water partition coefficient (Wildman–Crippen LogP) is -0.175. The molecule has 1 amide bonds. The summed E-state index contributed by atoms with van der Waals surface area (Å²) in [6.45, 7) is 6.06. The Labute approximate surface area is 96.1 Å². The second-order valence-electron chi connectivity index (χ2n) is 3.70. The molecule has 0 unspecified atom stereocenters. The molecule has 1 fully saturated rings. The summed E-state index contributed by atoms with van der Waals surface area (Å²) in [5, 5.41) is 14.8. The SMILES string of the molecule is CCCNC(=O)/C(C#N)=C\N1CCNCC1. The van der Waals surface area contributed by atoms with E-state index in [1.165, 1.54) is 0 Å². The van der Waals surface area contributed by atoms with Crippen LogP contribution < -0.4 is 10.6 Å². The average Bonchev–Trinajstić information content (AvgIpc) is 2.34. The number of nitrogens with zero attached hydrogens (tertiary/aromatic N) is 2. The summed E-state index contributed by atoms with van der Waals surface area (Å²) >= 11 is 0. The van der Waals surface area contributed by atoms with Gasteiger partial charge in [0.1, 0.15) is 11.6 Å². The number of rotatable bonds is 4. The van der Waals surface area contributed by atoms with E-state index in [2.05, 4.69) is 10.6 Å². The van der Waals surface area contributed by atoms with Crippen LogP contribution in [0.25, 0.3) is 0 Å². The van der Waals surface area contributed by atoms with E-state index in [4.69, 9.17) is 5.26 Å². The van der Waals surface area contributed by atoms with Crippen molar-refractivity contribution < 1.29 is 4.79 Å². The molecule has 1 aliphatic heterocycles. The minimum atomic E-state index is -0.275. The van der Waals surface area contributed by atoms with Crippen molar-refractivity contribution in [2.45, 2.75) is 13.3 Å². The first-order chi connectivity index (χ1) is 7.77. The highest BCUT2D eigenvalue weighted by atomic mass is 16.1. The first-order valence-corrected chi connectivity index (χ1v) is 5.62. The molecule has 0 aromatic carbocycles. The van der Waals surface area contributed by atoms with E-state index >= 15 is 0 Å². The van der Waals surface area contributed by atoms with Crippen molar-refractivity contribution >= 4 is 5.91 Å². The number of amides is 1. The van der Waals surface area contributed by atoms with Crippen molar-refractivity contribution in [3.63, 3.8) is 0 Å². The van der Waals surface area contributed by atoms with Crippen LogP contribution in [0, 0.1) is 11.3 Å². The quantitative estimate of drug-likeness (QED) is 0.512. The summed E-state index contributed by atoms with van der Waals surface area (Å²) in [4.78, 5) is 13.6. The highest BCUT2D eigenvalue weighted by Gasteiger charge is 2.11. The topological polar surface area (TPSA) is 68.2 Å². The van der Waals surface area contributed by atoms with Gasteiger partial charge in [-0.1, -0.05) is 6.92 Å². The molecule has 5 heteroatoms. The molecule has 0 spiro atoms. The van der Waals surface area contributed by atoms with Gasteiger partial charge in [-0.25, -0.2) is 0 Å². The molecule has 2 N–H and O–H groups in total. The Morgan fingerprint density at radius 1 is 1.56 bits per heavy atom. The predicted molar refractivity (Wildman–Crippen MR) is 61.4 cm³/mol. The number of carbonyl (C=O) groups excluding carboxylic acids is 1. The molecular weight excluding hydrogens is 204 g/mol. The first-order valence-electron chi connectivity index (χ1n) is 5.62. The summed E-state index contributed by atoms with van der Waals surface area (Å²) in [5.74, 6) is -0.275. The monoisotopic (exact) mass is 222 g/mol. The number of hydrogen-bond donors (Lipinski definition) is 2. The van der Waals surface area contributed by atoms with Gasteiger partial charge in [-0.05, 0) is 6.42 Å². The third kappa shape index (κ3) is 3.91. The van der Waals surface area contributed by atoms with Crippen LogP contribution in [0.3, 0.4) is 0 Å². The molecule has 1 heterocycles. The molecule has 0 bridgehead atoms. The molecule has 0 saturated carbocycles. The van der Waals surface area contributed by atoms with Gasteiger partial charge in [0.15, 0.2) is 0 Å². The second kappa shape index (κ2) is 6.85. The van der Waals surface area contributed by atoms with E-state index < -0.39 is 0 Å². The normalized spacial score (nSPS) is 16.8. The minimum Gasteiger partial charge on any atom is -0.374 e. The minimum absolute atomic E-state index is 0.190. The van der Waals surface area contributed by atoms with Crippen LogP contribution in [0.5, 0.6) is 0 Å². The number of hydrogen-bond acceptors (Lipinski definition) is 4. The van der Waals surface area contributed by atoms with Crippen LogP contribution in [0.2, 0.25) is 0 Å². The van der Waals surface area contributed by atoms with Crippen molar-refractivity contribution in [2.75, 3.05) is 32.7 Å². The van der Waals surface area contributed by atoms with E-state index in [0.717, 1.165) is 32.6 Å². The lowest BCUT2D eigenvalue weighted by atomic mass is 10.2. The molecule has 0 aromatic rings. The summed E-state index contributed by atoms with van der Waals surface area (Å²) in [6, 6.07) is 1.95. The molecule has 1 saturated heterocycles. The van der Waals surface area contributed by atoms with Gasteiger partial charge in [-0.3, -0.25) is 4.79 Å². The van der Waals surface area contributed by atoms with Crippen molar-refractivity contribution in [2.24, 2.45) is 0 Å². The van der Waals surface area contributed by atoms with Gasteiger partial charge < -0.3 is 15.5 Å². The molecule has 88 valence electrons. The standard InChI is InChI=1S/C11H18N4O/c1-2-3-14-11(16)10(8-12)9-15-6-4-13-5-7-15/h9,13H,2-7H2,1H3,(H,14,16)/b10-9-. The Kier molecular flexibility index (Phi) is 5.37. The number of nitrogens with one attached hydrogen (secondary N) is 2. The first kappa shape index (κ1) is 12.5. The fraction of sp³-hybridized carbons (Fsp3) is 0.636. The van der Waals surface area contributed by atoms with Gasteiger partial charge in [-0.2, -0.15) is 5.26 Å². The number of carbonyl (C=O) groups is 1. The van der Waals surface area contributed by atoms with E-state index in [0.29, 0.717) is 6.54 Å². The van der Waals surface area contributed by atoms with Crippen LogP contribution >= 0.6 is 0 Å². The fourth-order valence-corrected chi connectivity index (χ4v) is 1.47. The lowest BCUT2D eigenvalue weighted by molar-refractivity contribution is -0.117. The Balaban J connectivity index is 2.54. The summed E-state index contributed by atoms with van der Waals surface area (Å²) in [5.41, 5.74) is 0.190. The van der Waals surface area contributed by atoms with Crippen LogP contribution in [-0.4, -0.2) is 43.5 Å². The van der Waals surface area contributed by atoms with Crippen LogP contribution in [-0.2, 0) is 4.79 Å². The van der Waals surface area contributed by atoms with Gasteiger partial charge in [0.25, 0.3) is 5.91 Å². The van der Waals surface area contributed by atoms with Crippen LogP contribution in [0.4, 0.5) is 0 Å².